The van der Waals surface area contributed by atoms with Crippen LogP contribution in [0, 0.1) is 0 Å². The van der Waals surface area contributed by atoms with Gasteiger partial charge in [-0.15, -0.1) is 0 Å². The summed E-state index contributed by atoms with van der Waals surface area (Å²) in [7, 11) is 0. The lowest BCUT2D eigenvalue weighted by molar-refractivity contribution is -0.131. The van der Waals surface area contributed by atoms with E-state index in [0.29, 0.717) is 10.6 Å². The lowest BCUT2D eigenvalue weighted by atomic mass is 10.2. The van der Waals surface area contributed by atoms with Crippen LogP contribution in [0.5, 0.6) is 0 Å². The van der Waals surface area contributed by atoms with E-state index in [0.717, 1.165) is 10.5 Å². The van der Waals surface area contributed by atoms with E-state index in [1.54, 1.807) is 18.2 Å². The van der Waals surface area contributed by atoms with E-state index >= 15 is 0 Å². The van der Waals surface area contributed by atoms with Gasteiger partial charge < -0.3 is 5.11 Å². The molecule has 0 amide bonds. The summed E-state index contributed by atoms with van der Waals surface area (Å²) in [5.74, 6) is -0.994. The monoisotopic (exact) mass is 260 g/mol. The Kier molecular flexibility index (Phi) is 3.51. The number of hydrogen-bond donors (Lipinski definition) is 1. The minimum absolute atomic E-state index is 0.520. The predicted octanol–water partition coefficient (Wildman–Crippen LogP) is 3.20. The van der Waals surface area contributed by atoms with Crippen molar-refractivity contribution in [3.05, 3.63) is 39.3 Å². The molecule has 2 nitrogen and oxygen atoms in total. The number of halogens is 2. The zero-order chi connectivity index (χ0) is 9.84. The Morgan fingerprint density at radius 1 is 1.54 bits per heavy atom. The highest BCUT2D eigenvalue weighted by atomic mass is 79.9. The van der Waals surface area contributed by atoms with Crippen LogP contribution < -0.4 is 0 Å². The number of carboxylic acid groups (broad SMARTS) is 1. The van der Waals surface area contributed by atoms with Crippen LogP contribution in [0.1, 0.15) is 5.56 Å². The number of benzene rings is 1. The second-order valence-electron chi connectivity index (χ2n) is 2.31. The van der Waals surface area contributed by atoms with Gasteiger partial charge in [0.05, 0.1) is 0 Å². The van der Waals surface area contributed by atoms with E-state index in [-0.39, 0.29) is 0 Å². The average Bonchev–Trinajstić information content (AvgIpc) is 2.03. The third-order valence-electron chi connectivity index (χ3n) is 1.39. The van der Waals surface area contributed by atoms with Gasteiger partial charge in [-0.25, -0.2) is 4.79 Å². The van der Waals surface area contributed by atoms with Gasteiger partial charge in [-0.05, 0) is 18.2 Å². The van der Waals surface area contributed by atoms with Gasteiger partial charge in [0.25, 0.3) is 0 Å². The molecule has 1 aromatic rings. The van der Waals surface area contributed by atoms with Crippen LogP contribution in [0.25, 0.3) is 6.08 Å². The molecule has 0 saturated carbocycles. The van der Waals surface area contributed by atoms with Crippen molar-refractivity contribution in [3.63, 3.8) is 0 Å². The molecule has 0 aliphatic heterocycles. The van der Waals surface area contributed by atoms with Crippen molar-refractivity contribution in [2.45, 2.75) is 0 Å². The maximum absolute atomic E-state index is 10.3. The molecule has 0 aliphatic rings. The van der Waals surface area contributed by atoms with Gasteiger partial charge in [-0.1, -0.05) is 33.6 Å². The summed E-state index contributed by atoms with van der Waals surface area (Å²) < 4.78 is 0.775. The van der Waals surface area contributed by atoms with Crippen LogP contribution in [-0.2, 0) is 4.79 Å². The third-order valence-corrected chi connectivity index (χ3v) is 2.41. The first-order valence-corrected chi connectivity index (χ1v) is 4.63. The summed E-state index contributed by atoms with van der Waals surface area (Å²) in [5, 5.41) is 8.93. The molecule has 0 bridgehead atoms. The van der Waals surface area contributed by atoms with Crippen LogP contribution in [-0.4, -0.2) is 11.1 Å². The predicted molar refractivity (Wildman–Crippen MR) is 55.8 cm³/mol. The van der Waals surface area contributed by atoms with Gasteiger partial charge >= 0.3 is 5.97 Å². The molecule has 0 atom stereocenters. The van der Waals surface area contributed by atoms with E-state index in [4.69, 9.17) is 16.7 Å². The zero-order valence-electron chi connectivity index (χ0n) is 6.50. The first kappa shape index (κ1) is 10.3. The zero-order valence-corrected chi connectivity index (χ0v) is 8.84. The summed E-state index contributed by atoms with van der Waals surface area (Å²) in [5.41, 5.74) is 0.673. The van der Waals surface area contributed by atoms with E-state index in [1.807, 2.05) is 0 Å². The Morgan fingerprint density at radius 3 is 2.77 bits per heavy atom. The van der Waals surface area contributed by atoms with Crippen LogP contribution in [0.15, 0.2) is 28.7 Å². The van der Waals surface area contributed by atoms with Gasteiger partial charge in [0.15, 0.2) is 0 Å². The standard InChI is InChI=1S/C9H6BrClO2/c10-7-2-1-3-8(11)6(7)4-5-9(12)13/h1-5H,(H,12,13). The molecule has 68 valence electrons. The van der Waals surface area contributed by atoms with Crippen molar-refractivity contribution in [1.82, 2.24) is 0 Å². The largest absolute Gasteiger partial charge is 0.478 e. The van der Waals surface area contributed by atoms with Crippen LogP contribution in [0.3, 0.4) is 0 Å². The minimum atomic E-state index is -0.994. The maximum Gasteiger partial charge on any atom is 0.328 e. The van der Waals surface area contributed by atoms with Crippen LogP contribution in [0.2, 0.25) is 5.02 Å². The lowest BCUT2D eigenvalue weighted by Gasteiger charge is -1.99. The van der Waals surface area contributed by atoms with E-state index in [9.17, 15) is 4.79 Å². The fourth-order valence-electron chi connectivity index (χ4n) is 0.825. The smallest absolute Gasteiger partial charge is 0.328 e. The van der Waals surface area contributed by atoms with Crippen molar-refractivity contribution in [2.75, 3.05) is 0 Å². The Labute approximate surface area is 89.0 Å². The van der Waals surface area contributed by atoms with Crippen molar-refractivity contribution in [1.29, 1.82) is 0 Å². The fourth-order valence-corrected chi connectivity index (χ4v) is 1.67. The van der Waals surface area contributed by atoms with Crippen molar-refractivity contribution >= 4 is 39.6 Å². The molecular formula is C9H6BrClO2. The summed E-state index contributed by atoms with van der Waals surface area (Å²) in [6.45, 7) is 0. The Hall–Kier alpha value is -0.800. The van der Waals surface area contributed by atoms with Gasteiger partial charge in [0, 0.05) is 21.1 Å². The van der Waals surface area contributed by atoms with Gasteiger partial charge in [-0.3, -0.25) is 0 Å². The van der Waals surface area contributed by atoms with Crippen LogP contribution in [0.4, 0.5) is 0 Å². The highest BCUT2D eigenvalue weighted by molar-refractivity contribution is 9.10. The molecule has 0 aromatic heterocycles. The molecule has 4 heteroatoms. The summed E-state index contributed by atoms with van der Waals surface area (Å²) >= 11 is 9.11. The number of carbonyl (C=O) groups is 1. The molecule has 0 fully saturated rings. The van der Waals surface area contributed by atoms with E-state index in [2.05, 4.69) is 15.9 Å². The lowest BCUT2D eigenvalue weighted by Crippen LogP contribution is -1.86. The molecule has 1 rings (SSSR count). The normalized spacial score (nSPS) is 10.6. The van der Waals surface area contributed by atoms with E-state index < -0.39 is 5.97 Å². The minimum Gasteiger partial charge on any atom is -0.478 e. The van der Waals surface area contributed by atoms with Gasteiger partial charge in [0.2, 0.25) is 0 Å². The summed E-state index contributed by atoms with van der Waals surface area (Å²) in [4.78, 5) is 10.3. The second-order valence-corrected chi connectivity index (χ2v) is 3.57. The summed E-state index contributed by atoms with van der Waals surface area (Å²) in [6, 6.07) is 5.28. The molecule has 0 aliphatic carbocycles. The fraction of sp³-hybridized carbons (Fsp3) is 0. The molecule has 0 heterocycles. The Balaban J connectivity index is 3.06. The average molecular weight is 262 g/mol. The van der Waals surface area contributed by atoms with Crippen molar-refractivity contribution in [2.24, 2.45) is 0 Å². The number of hydrogen-bond acceptors (Lipinski definition) is 1. The Morgan fingerprint density at radius 2 is 2.23 bits per heavy atom. The molecule has 1 aromatic carbocycles. The molecule has 1 N–H and O–H groups in total. The van der Waals surface area contributed by atoms with Gasteiger partial charge in [0.1, 0.15) is 0 Å². The topological polar surface area (TPSA) is 37.3 Å². The number of carboxylic acids is 1. The molecular weight excluding hydrogens is 255 g/mol. The molecule has 0 unspecified atom stereocenters. The van der Waals surface area contributed by atoms with E-state index in [1.165, 1.54) is 6.08 Å². The second kappa shape index (κ2) is 4.44. The molecule has 13 heavy (non-hydrogen) atoms. The molecule has 0 radical (unpaired) electrons. The maximum atomic E-state index is 10.3. The first-order valence-electron chi connectivity index (χ1n) is 3.46. The highest BCUT2D eigenvalue weighted by Crippen LogP contribution is 2.25. The molecule has 0 spiro atoms. The first-order chi connectivity index (χ1) is 6.11. The molecule has 0 saturated heterocycles. The van der Waals surface area contributed by atoms with Crippen LogP contribution >= 0.6 is 27.5 Å². The highest BCUT2D eigenvalue weighted by Gasteiger charge is 2.00. The quantitative estimate of drug-likeness (QED) is 0.830. The SMILES string of the molecule is O=C(O)C=Cc1c(Cl)cccc1Br. The third kappa shape index (κ3) is 2.86. The summed E-state index contributed by atoms with van der Waals surface area (Å²) in [6.07, 6.45) is 2.50. The van der Waals surface area contributed by atoms with Crippen molar-refractivity contribution < 1.29 is 9.90 Å². The van der Waals surface area contributed by atoms with Crippen molar-refractivity contribution in [3.8, 4) is 0 Å². The van der Waals surface area contributed by atoms with Gasteiger partial charge in [-0.2, -0.15) is 0 Å². The number of rotatable bonds is 2. The Bertz CT molecular complexity index is 340. The number of aliphatic carboxylic acids is 1.